The van der Waals surface area contributed by atoms with Crippen molar-refractivity contribution in [2.45, 2.75) is 6.92 Å². The minimum Gasteiger partial charge on any atom is -0.495 e. The second kappa shape index (κ2) is 8.06. The number of carbonyl (C=O) groups is 1. The van der Waals surface area contributed by atoms with E-state index in [0.717, 1.165) is 22.7 Å². The highest BCUT2D eigenvalue weighted by Gasteiger charge is 2.23. The van der Waals surface area contributed by atoms with Gasteiger partial charge in [-0.2, -0.15) is 0 Å². The predicted octanol–water partition coefficient (Wildman–Crippen LogP) is 4.66. The third kappa shape index (κ3) is 4.17. The number of ether oxygens (including phenoxy) is 1. The highest BCUT2D eigenvalue weighted by molar-refractivity contribution is 6.31. The van der Waals surface area contributed by atoms with Gasteiger partial charge in [0.2, 0.25) is 0 Å². The third-order valence-electron chi connectivity index (χ3n) is 4.49. The van der Waals surface area contributed by atoms with Crippen molar-refractivity contribution in [1.29, 1.82) is 0 Å². The molecule has 0 atom stereocenters. The van der Waals surface area contributed by atoms with E-state index >= 15 is 0 Å². The van der Waals surface area contributed by atoms with E-state index < -0.39 is 0 Å². The smallest absolute Gasteiger partial charge is 0.321 e. The van der Waals surface area contributed by atoms with Crippen molar-refractivity contribution >= 4 is 40.6 Å². The zero-order chi connectivity index (χ0) is 18.7. The number of anilines is 2. The van der Waals surface area contributed by atoms with Crippen LogP contribution in [0.25, 0.3) is 0 Å². The molecule has 7 heteroatoms. The number of rotatable bonds is 3. The molecule has 2 aromatic carbocycles. The van der Waals surface area contributed by atoms with Crippen molar-refractivity contribution in [3.63, 3.8) is 0 Å². The zero-order valence-electron chi connectivity index (χ0n) is 14.8. The fraction of sp³-hybridized carbons (Fsp3) is 0.316. The van der Waals surface area contributed by atoms with Gasteiger partial charge in [-0.15, -0.1) is 0 Å². The molecule has 0 aliphatic carbocycles. The van der Waals surface area contributed by atoms with Crippen molar-refractivity contribution < 1.29 is 9.53 Å². The predicted molar refractivity (Wildman–Crippen MR) is 107 cm³/mol. The van der Waals surface area contributed by atoms with Gasteiger partial charge in [0, 0.05) is 41.9 Å². The molecule has 0 spiro atoms. The summed E-state index contributed by atoms with van der Waals surface area (Å²) in [6.07, 6.45) is 0. The lowest BCUT2D eigenvalue weighted by molar-refractivity contribution is 0.208. The van der Waals surface area contributed by atoms with Gasteiger partial charge < -0.3 is 19.9 Å². The molecule has 5 nitrogen and oxygen atoms in total. The molecule has 138 valence electrons. The van der Waals surface area contributed by atoms with Crippen LogP contribution in [0.15, 0.2) is 36.4 Å². The number of nitrogens with zero attached hydrogens (tertiary/aromatic N) is 2. The number of carbonyl (C=O) groups excluding carboxylic acids is 1. The quantitative estimate of drug-likeness (QED) is 0.823. The largest absolute Gasteiger partial charge is 0.495 e. The SMILES string of the molecule is COc1ccc(Cl)cc1N1CCN(C(=O)Nc2cc(Cl)ccc2C)CC1. The van der Waals surface area contributed by atoms with Gasteiger partial charge in [-0.25, -0.2) is 4.79 Å². The van der Waals surface area contributed by atoms with Crippen LogP contribution in [0.4, 0.5) is 16.2 Å². The number of nitrogens with one attached hydrogen (secondary N) is 1. The summed E-state index contributed by atoms with van der Waals surface area (Å²) in [7, 11) is 1.64. The summed E-state index contributed by atoms with van der Waals surface area (Å²) in [6.45, 7) is 4.58. The van der Waals surface area contributed by atoms with E-state index in [1.54, 1.807) is 24.1 Å². The highest BCUT2D eigenvalue weighted by atomic mass is 35.5. The molecule has 1 heterocycles. The average molecular weight is 394 g/mol. The Hall–Kier alpha value is -2.11. The van der Waals surface area contributed by atoms with Gasteiger partial charge in [0.1, 0.15) is 5.75 Å². The van der Waals surface area contributed by atoms with Crippen LogP contribution in [-0.4, -0.2) is 44.2 Å². The van der Waals surface area contributed by atoms with E-state index in [9.17, 15) is 4.79 Å². The summed E-state index contributed by atoms with van der Waals surface area (Å²) in [5.74, 6) is 0.779. The number of hydrogen-bond acceptors (Lipinski definition) is 3. The molecule has 2 aromatic rings. The number of methoxy groups -OCH3 is 1. The van der Waals surface area contributed by atoms with Gasteiger partial charge in [0.25, 0.3) is 0 Å². The van der Waals surface area contributed by atoms with Crippen LogP contribution in [-0.2, 0) is 0 Å². The Morgan fingerprint density at radius 1 is 1.04 bits per heavy atom. The second-order valence-electron chi connectivity index (χ2n) is 6.18. The Kier molecular flexibility index (Phi) is 5.79. The molecule has 1 saturated heterocycles. The van der Waals surface area contributed by atoms with Gasteiger partial charge >= 0.3 is 6.03 Å². The van der Waals surface area contributed by atoms with Crippen molar-refractivity contribution in [2.24, 2.45) is 0 Å². The molecule has 0 unspecified atom stereocenters. The van der Waals surface area contributed by atoms with E-state index in [1.807, 2.05) is 31.2 Å². The molecular formula is C19H21Cl2N3O2. The van der Waals surface area contributed by atoms with Gasteiger partial charge in [0.05, 0.1) is 12.8 Å². The first kappa shape index (κ1) is 18.7. The molecule has 0 aromatic heterocycles. The molecule has 1 aliphatic heterocycles. The summed E-state index contributed by atoms with van der Waals surface area (Å²) in [5, 5.41) is 4.21. The number of halogens is 2. The molecule has 2 amide bonds. The lowest BCUT2D eigenvalue weighted by Gasteiger charge is -2.36. The van der Waals surface area contributed by atoms with E-state index in [-0.39, 0.29) is 6.03 Å². The maximum absolute atomic E-state index is 12.6. The summed E-state index contributed by atoms with van der Waals surface area (Å²) >= 11 is 12.1. The maximum atomic E-state index is 12.6. The Balaban J connectivity index is 1.64. The van der Waals surface area contributed by atoms with Crippen LogP contribution in [0.3, 0.4) is 0 Å². The van der Waals surface area contributed by atoms with Crippen LogP contribution < -0.4 is 15.0 Å². The fourth-order valence-corrected chi connectivity index (χ4v) is 3.32. The monoisotopic (exact) mass is 393 g/mol. The van der Waals surface area contributed by atoms with Gasteiger partial charge in [-0.05, 0) is 42.8 Å². The lowest BCUT2D eigenvalue weighted by Crippen LogP contribution is -2.50. The Morgan fingerprint density at radius 2 is 1.69 bits per heavy atom. The van der Waals surface area contributed by atoms with Crippen LogP contribution in [0.5, 0.6) is 5.75 Å². The van der Waals surface area contributed by atoms with Crippen LogP contribution in [0.2, 0.25) is 10.0 Å². The normalized spacial score (nSPS) is 14.3. The van der Waals surface area contributed by atoms with E-state index in [0.29, 0.717) is 36.2 Å². The summed E-state index contributed by atoms with van der Waals surface area (Å²) in [6, 6.07) is 10.9. The number of urea groups is 1. The Bertz CT molecular complexity index is 805. The van der Waals surface area contributed by atoms with Gasteiger partial charge in [-0.1, -0.05) is 29.3 Å². The van der Waals surface area contributed by atoms with E-state index in [1.165, 1.54) is 0 Å². The fourth-order valence-electron chi connectivity index (χ4n) is 2.98. The maximum Gasteiger partial charge on any atom is 0.321 e. The Morgan fingerprint density at radius 3 is 2.38 bits per heavy atom. The van der Waals surface area contributed by atoms with Crippen molar-refractivity contribution in [2.75, 3.05) is 43.5 Å². The number of piperazine rings is 1. The molecule has 1 N–H and O–H groups in total. The molecule has 0 saturated carbocycles. The average Bonchev–Trinajstić information content (AvgIpc) is 2.65. The molecular weight excluding hydrogens is 373 g/mol. The molecule has 1 aliphatic rings. The highest BCUT2D eigenvalue weighted by Crippen LogP contribution is 2.32. The second-order valence-corrected chi connectivity index (χ2v) is 7.05. The minimum absolute atomic E-state index is 0.118. The molecule has 1 fully saturated rings. The molecule has 3 rings (SSSR count). The number of benzene rings is 2. The van der Waals surface area contributed by atoms with Gasteiger partial charge in [-0.3, -0.25) is 0 Å². The van der Waals surface area contributed by atoms with Crippen LogP contribution in [0.1, 0.15) is 5.56 Å². The molecule has 26 heavy (non-hydrogen) atoms. The first-order chi connectivity index (χ1) is 12.5. The van der Waals surface area contributed by atoms with E-state index in [4.69, 9.17) is 27.9 Å². The van der Waals surface area contributed by atoms with Crippen molar-refractivity contribution in [1.82, 2.24) is 4.90 Å². The Labute approximate surface area is 163 Å². The first-order valence-electron chi connectivity index (χ1n) is 8.38. The number of hydrogen-bond donors (Lipinski definition) is 1. The summed E-state index contributed by atoms with van der Waals surface area (Å²) in [4.78, 5) is 16.5. The zero-order valence-corrected chi connectivity index (χ0v) is 16.3. The van der Waals surface area contributed by atoms with Crippen LogP contribution >= 0.6 is 23.2 Å². The van der Waals surface area contributed by atoms with Crippen molar-refractivity contribution in [3.8, 4) is 5.75 Å². The summed E-state index contributed by atoms with van der Waals surface area (Å²) < 4.78 is 5.43. The van der Waals surface area contributed by atoms with Crippen molar-refractivity contribution in [3.05, 3.63) is 52.0 Å². The number of amides is 2. The first-order valence-corrected chi connectivity index (χ1v) is 9.14. The third-order valence-corrected chi connectivity index (χ3v) is 4.96. The van der Waals surface area contributed by atoms with E-state index in [2.05, 4.69) is 10.2 Å². The standard InChI is InChI=1S/C19H21Cl2N3O2/c1-13-3-4-14(20)11-16(13)22-19(25)24-9-7-23(8-10-24)17-12-15(21)5-6-18(17)26-2/h3-6,11-12H,7-10H2,1-2H3,(H,22,25). The molecule has 0 bridgehead atoms. The molecule has 0 radical (unpaired) electrons. The number of aryl methyl sites for hydroxylation is 1. The minimum atomic E-state index is -0.118. The lowest BCUT2D eigenvalue weighted by atomic mass is 10.2. The topological polar surface area (TPSA) is 44.8 Å². The van der Waals surface area contributed by atoms with Crippen LogP contribution in [0, 0.1) is 6.92 Å². The summed E-state index contributed by atoms with van der Waals surface area (Å²) in [5.41, 5.74) is 2.66. The van der Waals surface area contributed by atoms with Gasteiger partial charge in [0.15, 0.2) is 0 Å².